The van der Waals surface area contributed by atoms with Gasteiger partial charge in [0.05, 0.1) is 22.7 Å². The zero-order valence-corrected chi connectivity index (χ0v) is 67.2. The summed E-state index contributed by atoms with van der Waals surface area (Å²) in [6.45, 7) is 0. The number of fused-ring (bicyclic) bond motifs is 22. The van der Waals surface area contributed by atoms with Gasteiger partial charge in [-0.3, -0.25) is 9.80 Å². The van der Waals surface area contributed by atoms with Crippen LogP contribution < -0.4 is 19.6 Å². The number of rotatable bonds is 12. The Bertz CT molecular complexity index is 7460. The van der Waals surface area contributed by atoms with E-state index in [1.165, 1.54) is 65.2 Å². The minimum Gasteiger partial charge on any atom is -0.456 e. The third-order valence-electron chi connectivity index (χ3n) is 22.6. The summed E-state index contributed by atoms with van der Waals surface area (Å²) in [6, 6.07) is 123. The summed E-state index contributed by atoms with van der Waals surface area (Å²) in [5.74, 6) is 1.72. The lowest BCUT2D eigenvalue weighted by Gasteiger charge is -2.23. The van der Waals surface area contributed by atoms with E-state index in [1.54, 1.807) is 68.0 Å². The first-order chi connectivity index (χ1) is 58.4. The Kier molecular flexibility index (Phi) is 15.3. The van der Waals surface area contributed by atoms with Crippen LogP contribution in [0.1, 0.15) is 0 Å². The minimum atomic E-state index is 0.855. The van der Waals surface area contributed by atoms with Crippen LogP contribution in [0.25, 0.3) is 169 Å². The van der Waals surface area contributed by atoms with Crippen molar-refractivity contribution in [3.05, 3.63) is 352 Å². The molecule has 16 heteroatoms. The van der Waals surface area contributed by atoms with E-state index in [2.05, 4.69) is 317 Å². The predicted molar refractivity (Wildman–Crippen MR) is 504 cm³/mol. The average Bonchev–Trinajstić information content (AvgIpc) is 1.58. The van der Waals surface area contributed by atoms with Gasteiger partial charge in [0.15, 0.2) is 0 Å². The highest BCUT2D eigenvalue weighted by Gasteiger charge is 2.27. The van der Waals surface area contributed by atoms with E-state index in [-0.39, 0.29) is 0 Å². The van der Waals surface area contributed by atoms with Gasteiger partial charge in [-0.15, -0.1) is 68.0 Å². The Morgan fingerprint density at radius 2 is 0.492 bits per heavy atom. The molecule has 0 fully saturated rings. The highest BCUT2D eigenvalue weighted by atomic mass is 32.1. The summed E-state index contributed by atoms with van der Waals surface area (Å²) >= 11 is 10.7. The third-order valence-corrected chi connectivity index (χ3v) is 29.2. The molecule has 12 aromatic heterocycles. The Morgan fingerprint density at radius 1 is 0.195 bits per heavy atom. The lowest BCUT2D eigenvalue weighted by molar-refractivity contribution is 0.668. The summed E-state index contributed by atoms with van der Waals surface area (Å²) in [4.78, 5) is 20.9. The molecule has 118 heavy (non-hydrogen) atoms. The molecule has 26 aromatic rings. The van der Waals surface area contributed by atoms with Gasteiger partial charge in [-0.05, 0) is 185 Å². The number of hydrogen-bond donors (Lipinski definition) is 0. The van der Waals surface area contributed by atoms with Crippen LogP contribution in [-0.4, -0.2) is 9.97 Å². The van der Waals surface area contributed by atoms with Crippen LogP contribution in [0.4, 0.5) is 65.8 Å². The van der Waals surface area contributed by atoms with Gasteiger partial charge < -0.3 is 27.5 Å². The molecule has 0 atom stereocenters. The molecule has 0 unspecified atom stereocenters. The lowest BCUT2D eigenvalue weighted by atomic mass is 10.1. The Labute approximate surface area is 695 Å². The first kappa shape index (κ1) is 67.4. The number of benzene rings is 14. The molecule has 0 radical (unpaired) electrons. The minimum absolute atomic E-state index is 0.855. The number of aromatic nitrogens is 2. The molecule has 0 amide bonds. The molecule has 0 aliphatic heterocycles. The molecule has 14 aromatic carbocycles. The number of hydrogen-bond acceptors (Lipinski definition) is 16. The Balaban J connectivity index is 0.000000131. The SMILES string of the molecule is c1ccc2sc(N(c3ccc4c(c3)oc3ccccc34)c3ccc4c(c3)sc3cc(N(c5ccc6c(c5)oc5ccccc56)c5cc6ccccc6s5)ncc34)cc2c1.c1ccc2sc(N(c3ccc4c(c3)oc3ccccc34)c3ccc4c(c3)sc3nc(N(c5ccc6c(c5)oc5ccccc56)c5cc6ccccc6s5)ccc34)cc2c1. The van der Waals surface area contributed by atoms with Crippen molar-refractivity contribution in [3.8, 4) is 0 Å². The fraction of sp³-hybridized carbons (Fsp3) is 0. The maximum Gasteiger partial charge on any atom is 0.139 e. The Hall–Kier alpha value is -13.9. The first-order valence-electron chi connectivity index (χ1n) is 38.8. The van der Waals surface area contributed by atoms with Crippen LogP contribution in [-0.2, 0) is 0 Å². The number of para-hydroxylation sites is 4. The second-order valence-electron chi connectivity index (χ2n) is 29.6. The summed E-state index contributed by atoms with van der Waals surface area (Å²) < 4.78 is 34.1. The van der Waals surface area contributed by atoms with Gasteiger partial charge in [0.1, 0.15) is 81.1 Å². The van der Waals surface area contributed by atoms with Crippen molar-refractivity contribution in [3.63, 3.8) is 0 Å². The second kappa shape index (κ2) is 26.8. The Morgan fingerprint density at radius 3 is 0.890 bits per heavy atom. The molecule has 0 aliphatic rings. The van der Waals surface area contributed by atoms with E-state index < -0.39 is 0 Å². The number of thiophene rings is 6. The second-order valence-corrected chi connectivity index (χ2v) is 35.9. The van der Waals surface area contributed by atoms with Gasteiger partial charge >= 0.3 is 0 Å². The number of nitrogens with zero attached hydrogens (tertiary/aromatic N) is 6. The molecule has 556 valence electrons. The molecule has 0 N–H and O–H groups in total. The van der Waals surface area contributed by atoms with E-state index in [9.17, 15) is 0 Å². The monoisotopic (exact) mass is 1620 g/mol. The zero-order chi connectivity index (χ0) is 77.2. The summed E-state index contributed by atoms with van der Waals surface area (Å²) in [5, 5.41) is 22.9. The van der Waals surface area contributed by atoms with Crippen LogP contribution in [0.15, 0.2) is 370 Å². The predicted octanol–water partition coefficient (Wildman–Crippen LogP) is 33.2. The maximum atomic E-state index is 6.39. The standard InChI is InChI=1S/2C51H29N3O2S3/c1-7-15-45-30(9-1)23-50(58-45)53(32-17-20-37-35-11-3-5-13-41(35)55-43(37)25-32)34-19-22-39-40-29-52-49(28-48(40)57-47(39)27-34)54(51-24-31-10-2-8-16-46(31)59-51)33-18-21-38-36-12-4-6-14-42(36)56-44(38)26-33;1-7-15-45-30(9-1)25-49(57-45)53(32-17-20-37-35-11-3-5-13-41(35)55-43(37)27-32)34-19-22-39-40-23-24-48(52-51(40)59-47(39)29-34)54(50-26-31-10-2-8-16-46(31)58-50)33-18-21-38-36-12-4-6-14-42(36)56-44(38)28-33/h2*1-29H. The van der Waals surface area contributed by atoms with Crippen LogP contribution >= 0.6 is 68.0 Å². The van der Waals surface area contributed by atoms with E-state index in [4.69, 9.17) is 27.6 Å². The van der Waals surface area contributed by atoms with Crippen LogP contribution in [0.2, 0.25) is 0 Å². The molecule has 0 spiro atoms. The smallest absolute Gasteiger partial charge is 0.139 e. The van der Waals surface area contributed by atoms with Crippen molar-refractivity contribution in [2.75, 3.05) is 19.6 Å². The van der Waals surface area contributed by atoms with Crippen LogP contribution in [0.5, 0.6) is 0 Å². The normalized spacial score (nSPS) is 12.1. The molecule has 0 saturated heterocycles. The quantitative estimate of drug-likeness (QED) is 0.118. The van der Waals surface area contributed by atoms with Gasteiger partial charge in [-0.2, -0.15) is 0 Å². The van der Waals surface area contributed by atoms with Gasteiger partial charge in [-0.1, -0.05) is 158 Å². The average molecular weight is 1620 g/mol. The maximum absolute atomic E-state index is 6.39. The summed E-state index contributed by atoms with van der Waals surface area (Å²) in [7, 11) is 0. The van der Waals surface area contributed by atoms with Gasteiger partial charge in [-0.25, -0.2) is 9.97 Å². The van der Waals surface area contributed by atoms with Crippen LogP contribution in [0, 0.1) is 0 Å². The molecule has 10 nitrogen and oxygen atoms in total. The molecular weight excluding hydrogens is 1570 g/mol. The van der Waals surface area contributed by atoms with Crippen LogP contribution in [0.3, 0.4) is 0 Å². The van der Waals surface area contributed by atoms with Gasteiger partial charge in [0.2, 0.25) is 0 Å². The molecule has 0 aliphatic carbocycles. The van der Waals surface area contributed by atoms with Crippen molar-refractivity contribution >= 4 is 302 Å². The largest absolute Gasteiger partial charge is 0.456 e. The molecular formula is C102H58N6O4S6. The van der Waals surface area contributed by atoms with E-state index >= 15 is 0 Å². The molecule has 0 bridgehead atoms. The molecule has 26 rings (SSSR count). The highest BCUT2D eigenvalue weighted by Crippen LogP contribution is 2.52. The third kappa shape index (κ3) is 11.1. The lowest BCUT2D eigenvalue weighted by Crippen LogP contribution is -2.09. The van der Waals surface area contributed by atoms with Gasteiger partial charge in [0, 0.05) is 139 Å². The summed E-state index contributed by atoms with van der Waals surface area (Å²) in [6.07, 6.45) is 2.04. The van der Waals surface area contributed by atoms with Gasteiger partial charge in [0.25, 0.3) is 0 Å². The molecule has 0 saturated carbocycles. The summed E-state index contributed by atoms with van der Waals surface area (Å²) in [5.41, 5.74) is 13.3. The number of anilines is 12. The highest BCUT2D eigenvalue weighted by molar-refractivity contribution is 7.26. The molecule has 12 heterocycles. The van der Waals surface area contributed by atoms with Crippen molar-refractivity contribution < 1.29 is 17.7 Å². The topological polar surface area (TPSA) is 91.3 Å². The van der Waals surface area contributed by atoms with Crippen molar-refractivity contribution in [2.24, 2.45) is 0 Å². The van der Waals surface area contributed by atoms with Crippen molar-refractivity contribution in [1.82, 2.24) is 9.97 Å². The van der Waals surface area contributed by atoms with E-state index in [0.29, 0.717) is 0 Å². The number of furan rings is 4. The fourth-order valence-electron chi connectivity index (χ4n) is 17.1. The van der Waals surface area contributed by atoms with E-state index in [0.717, 1.165) is 169 Å². The van der Waals surface area contributed by atoms with E-state index in [1.807, 2.05) is 54.7 Å². The fourth-order valence-corrected chi connectivity index (χ4v) is 23.7. The number of pyridine rings is 2. The van der Waals surface area contributed by atoms with Crippen molar-refractivity contribution in [1.29, 1.82) is 0 Å². The first-order valence-corrected chi connectivity index (χ1v) is 43.7. The van der Waals surface area contributed by atoms with Crippen molar-refractivity contribution in [2.45, 2.75) is 0 Å². The zero-order valence-electron chi connectivity index (χ0n) is 62.3.